The number of hydrogen-bond acceptors (Lipinski definition) is 5. The standard InChI is InChI=1S/C17H18O5/c1-21-13-6-3-11(4-7-13)5-8-14(19)17-15(20)9-12(18)10-16(17)22-2/h3-4,6-7,9-10,18,20H,5,8H2,1-2H3. The van der Waals surface area contributed by atoms with Gasteiger partial charge in [-0.05, 0) is 24.1 Å². The van der Waals surface area contributed by atoms with Gasteiger partial charge in [0.1, 0.15) is 28.6 Å². The molecule has 0 fully saturated rings. The lowest BCUT2D eigenvalue weighted by molar-refractivity contribution is 0.0977. The van der Waals surface area contributed by atoms with Crippen LogP contribution in [0.15, 0.2) is 36.4 Å². The van der Waals surface area contributed by atoms with Crippen LogP contribution in [-0.2, 0) is 6.42 Å². The molecule has 0 amide bonds. The van der Waals surface area contributed by atoms with Gasteiger partial charge in [-0.15, -0.1) is 0 Å². The maximum atomic E-state index is 12.3. The van der Waals surface area contributed by atoms with Gasteiger partial charge in [0.05, 0.1) is 14.2 Å². The van der Waals surface area contributed by atoms with Crippen LogP contribution in [0.4, 0.5) is 0 Å². The first-order valence-corrected chi connectivity index (χ1v) is 6.81. The van der Waals surface area contributed by atoms with Gasteiger partial charge in [0, 0.05) is 18.6 Å². The predicted molar refractivity (Wildman–Crippen MR) is 82.0 cm³/mol. The maximum Gasteiger partial charge on any atom is 0.170 e. The summed E-state index contributed by atoms with van der Waals surface area (Å²) in [5.41, 5.74) is 1.08. The Labute approximate surface area is 128 Å². The number of hydrogen-bond donors (Lipinski definition) is 2. The molecule has 0 atom stereocenters. The summed E-state index contributed by atoms with van der Waals surface area (Å²) in [4.78, 5) is 12.3. The number of phenols is 2. The molecule has 5 heteroatoms. The number of aromatic hydroxyl groups is 2. The summed E-state index contributed by atoms with van der Waals surface area (Å²) in [6.45, 7) is 0. The van der Waals surface area contributed by atoms with Crippen LogP contribution in [0.25, 0.3) is 0 Å². The van der Waals surface area contributed by atoms with E-state index in [1.54, 1.807) is 7.11 Å². The molecule has 2 rings (SSSR count). The van der Waals surface area contributed by atoms with Gasteiger partial charge in [-0.3, -0.25) is 4.79 Å². The number of aryl methyl sites for hydroxylation is 1. The number of carbonyl (C=O) groups excluding carboxylic acids is 1. The molecule has 0 unspecified atom stereocenters. The molecule has 0 aliphatic rings. The first kappa shape index (κ1) is 15.7. The normalized spacial score (nSPS) is 10.3. The number of methoxy groups -OCH3 is 2. The van der Waals surface area contributed by atoms with E-state index in [4.69, 9.17) is 9.47 Å². The van der Waals surface area contributed by atoms with Crippen LogP contribution in [0, 0.1) is 0 Å². The topological polar surface area (TPSA) is 76.0 Å². The summed E-state index contributed by atoms with van der Waals surface area (Å²) >= 11 is 0. The van der Waals surface area contributed by atoms with E-state index in [2.05, 4.69) is 0 Å². The van der Waals surface area contributed by atoms with Crippen LogP contribution >= 0.6 is 0 Å². The summed E-state index contributed by atoms with van der Waals surface area (Å²) in [5.74, 6) is 0.243. The van der Waals surface area contributed by atoms with Gasteiger partial charge in [0.25, 0.3) is 0 Å². The fourth-order valence-electron chi connectivity index (χ4n) is 2.20. The van der Waals surface area contributed by atoms with Crippen molar-refractivity contribution in [1.29, 1.82) is 0 Å². The number of Topliss-reactive ketones (excluding diaryl/α,β-unsaturated/α-hetero) is 1. The summed E-state index contributed by atoms with van der Waals surface area (Å²) in [5, 5.41) is 19.3. The molecule has 22 heavy (non-hydrogen) atoms. The Morgan fingerprint density at radius 1 is 1.05 bits per heavy atom. The molecule has 0 aliphatic heterocycles. The van der Waals surface area contributed by atoms with Crippen molar-refractivity contribution in [2.75, 3.05) is 14.2 Å². The summed E-state index contributed by atoms with van der Waals surface area (Å²) in [6.07, 6.45) is 0.757. The Morgan fingerprint density at radius 3 is 2.32 bits per heavy atom. The van der Waals surface area contributed by atoms with Crippen LogP contribution in [0.2, 0.25) is 0 Å². The minimum Gasteiger partial charge on any atom is -0.508 e. The van der Waals surface area contributed by atoms with Crippen molar-refractivity contribution >= 4 is 5.78 Å². The minimum absolute atomic E-state index is 0.0915. The first-order valence-electron chi connectivity index (χ1n) is 6.81. The summed E-state index contributed by atoms with van der Waals surface area (Å²) < 4.78 is 10.1. The van der Waals surface area contributed by atoms with Crippen LogP contribution in [-0.4, -0.2) is 30.2 Å². The van der Waals surface area contributed by atoms with Crippen molar-refractivity contribution in [2.45, 2.75) is 12.8 Å². The second-order valence-corrected chi connectivity index (χ2v) is 4.81. The Morgan fingerprint density at radius 2 is 1.73 bits per heavy atom. The minimum atomic E-state index is -0.281. The van der Waals surface area contributed by atoms with Gasteiger partial charge < -0.3 is 19.7 Å². The monoisotopic (exact) mass is 302 g/mol. The smallest absolute Gasteiger partial charge is 0.170 e. The highest BCUT2D eigenvalue weighted by Gasteiger charge is 2.18. The third-order valence-electron chi connectivity index (χ3n) is 3.36. The fraction of sp³-hybridized carbons (Fsp3) is 0.235. The maximum absolute atomic E-state index is 12.3. The van der Waals surface area contributed by atoms with Crippen molar-refractivity contribution in [3.8, 4) is 23.0 Å². The van der Waals surface area contributed by atoms with Gasteiger partial charge >= 0.3 is 0 Å². The van der Waals surface area contributed by atoms with E-state index >= 15 is 0 Å². The van der Waals surface area contributed by atoms with E-state index in [-0.39, 0.29) is 35.0 Å². The number of ether oxygens (including phenoxy) is 2. The highest BCUT2D eigenvalue weighted by atomic mass is 16.5. The molecule has 0 radical (unpaired) electrons. The molecule has 0 bridgehead atoms. The van der Waals surface area contributed by atoms with Gasteiger partial charge in [-0.1, -0.05) is 12.1 Å². The lowest BCUT2D eigenvalue weighted by Gasteiger charge is -2.10. The zero-order valence-corrected chi connectivity index (χ0v) is 12.5. The summed E-state index contributed by atoms with van der Waals surface area (Å²) in [6, 6.07) is 9.88. The van der Waals surface area contributed by atoms with Crippen LogP contribution < -0.4 is 9.47 Å². The molecular formula is C17H18O5. The number of phenolic OH excluding ortho intramolecular Hbond substituents is 2. The predicted octanol–water partition coefficient (Wildman–Crippen LogP) is 2.93. The summed E-state index contributed by atoms with van der Waals surface area (Å²) in [7, 11) is 2.98. The largest absolute Gasteiger partial charge is 0.508 e. The number of carbonyl (C=O) groups is 1. The number of ketones is 1. The number of benzene rings is 2. The SMILES string of the molecule is COc1ccc(CCC(=O)c2c(O)cc(O)cc2OC)cc1. The van der Waals surface area contributed by atoms with Crippen molar-refractivity contribution in [3.63, 3.8) is 0 Å². The number of rotatable bonds is 6. The molecule has 2 aromatic rings. The Balaban J connectivity index is 2.12. The lowest BCUT2D eigenvalue weighted by Crippen LogP contribution is -2.04. The molecule has 2 aromatic carbocycles. The molecular weight excluding hydrogens is 284 g/mol. The average molecular weight is 302 g/mol. The van der Waals surface area contributed by atoms with E-state index in [0.717, 1.165) is 17.4 Å². The van der Waals surface area contributed by atoms with Gasteiger partial charge in [-0.2, -0.15) is 0 Å². The molecule has 0 aliphatic carbocycles. The average Bonchev–Trinajstić information content (AvgIpc) is 2.52. The Kier molecular flexibility index (Phi) is 4.88. The molecule has 0 heterocycles. The molecule has 0 spiro atoms. The molecule has 116 valence electrons. The van der Waals surface area contributed by atoms with Crippen molar-refractivity contribution < 1.29 is 24.5 Å². The highest BCUT2D eigenvalue weighted by molar-refractivity contribution is 6.01. The van der Waals surface area contributed by atoms with Crippen molar-refractivity contribution in [2.24, 2.45) is 0 Å². The van der Waals surface area contributed by atoms with Crippen LogP contribution in [0.1, 0.15) is 22.3 Å². The molecule has 0 aromatic heterocycles. The second kappa shape index (κ2) is 6.85. The Hall–Kier alpha value is -2.69. The van der Waals surface area contributed by atoms with E-state index in [1.165, 1.54) is 13.2 Å². The van der Waals surface area contributed by atoms with Crippen LogP contribution in [0.5, 0.6) is 23.0 Å². The zero-order valence-electron chi connectivity index (χ0n) is 12.5. The second-order valence-electron chi connectivity index (χ2n) is 4.81. The first-order chi connectivity index (χ1) is 10.5. The molecule has 0 saturated heterocycles. The third-order valence-corrected chi connectivity index (χ3v) is 3.36. The fourth-order valence-corrected chi connectivity index (χ4v) is 2.20. The lowest BCUT2D eigenvalue weighted by atomic mass is 10.0. The Bertz CT molecular complexity index is 661. The van der Waals surface area contributed by atoms with E-state index in [0.29, 0.717) is 6.42 Å². The molecule has 2 N–H and O–H groups in total. The molecule has 0 saturated carbocycles. The van der Waals surface area contributed by atoms with Crippen LogP contribution in [0.3, 0.4) is 0 Å². The molecule has 5 nitrogen and oxygen atoms in total. The third kappa shape index (κ3) is 3.49. The van der Waals surface area contributed by atoms with Gasteiger partial charge in [-0.25, -0.2) is 0 Å². The van der Waals surface area contributed by atoms with Gasteiger partial charge in [0.2, 0.25) is 0 Å². The van der Waals surface area contributed by atoms with Gasteiger partial charge in [0.15, 0.2) is 5.78 Å². The van der Waals surface area contributed by atoms with E-state index < -0.39 is 0 Å². The van der Waals surface area contributed by atoms with Crippen molar-refractivity contribution in [3.05, 3.63) is 47.5 Å². The van der Waals surface area contributed by atoms with E-state index in [1.807, 2.05) is 24.3 Å². The van der Waals surface area contributed by atoms with Crippen molar-refractivity contribution in [1.82, 2.24) is 0 Å². The highest BCUT2D eigenvalue weighted by Crippen LogP contribution is 2.33. The van der Waals surface area contributed by atoms with E-state index in [9.17, 15) is 15.0 Å². The quantitative estimate of drug-likeness (QED) is 0.802. The zero-order chi connectivity index (χ0) is 16.1.